The van der Waals surface area contributed by atoms with Gasteiger partial charge in [0.25, 0.3) is 0 Å². The highest BCUT2D eigenvalue weighted by molar-refractivity contribution is 5.38. The van der Waals surface area contributed by atoms with Crippen molar-refractivity contribution < 1.29 is 4.74 Å². The van der Waals surface area contributed by atoms with Gasteiger partial charge in [-0.2, -0.15) is 0 Å². The Bertz CT molecular complexity index is 390. The second kappa shape index (κ2) is 5.75. The molecule has 2 atom stereocenters. The van der Waals surface area contributed by atoms with E-state index in [1.165, 1.54) is 25.7 Å². The van der Waals surface area contributed by atoms with Crippen LogP contribution in [0.15, 0.2) is 24.3 Å². The number of hydrogen-bond acceptors (Lipinski definition) is 2. The average Bonchev–Trinajstić information content (AvgIpc) is 2.35. The Balaban J connectivity index is 2.00. The third kappa shape index (κ3) is 3.05. The van der Waals surface area contributed by atoms with Crippen LogP contribution in [-0.2, 0) is 0 Å². The number of hydrogen-bond donors (Lipinski definition) is 1. The number of unbranched alkanes of at least 4 members (excludes halogenated alkanes) is 3. The van der Waals surface area contributed by atoms with Crippen molar-refractivity contribution in [3.63, 3.8) is 0 Å². The summed E-state index contributed by atoms with van der Waals surface area (Å²) in [7, 11) is 0. The van der Waals surface area contributed by atoms with Gasteiger partial charge in [0.1, 0.15) is 11.4 Å². The Labute approximate surface area is 111 Å². The molecule has 0 spiro atoms. The summed E-state index contributed by atoms with van der Waals surface area (Å²) in [5.41, 5.74) is 7.35. The van der Waals surface area contributed by atoms with E-state index in [9.17, 15) is 0 Å². The zero-order chi connectivity index (χ0) is 13.0. The maximum absolute atomic E-state index is 6.27. The first-order valence-electron chi connectivity index (χ1n) is 7.18. The molecule has 0 saturated heterocycles. The minimum absolute atomic E-state index is 0.0818. The summed E-state index contributed by atoms with van der Waals surface area (Å²) in [6.45, 7) is 4.44. The molecule has 0 radical (unpaired) electrons. The summed E-state index contributed by atoms with van der Waals surface area (Å²) in [4.78, 5) is 0. The molecule has 1 aliphatic rings. The van der Waals surface area contributed by atoms with Gasteiger partial charge in [-0.25, -0.2) is 0 Å². The Morgan fingerprint density at radius 1 is 1.28 bits per heavy atom. The summed E-state index contributed by atoms with van der Waals surface area (Å²) >= 11 is 0. The van der Waals surface area contributed by atoms with Gasteiger partial charge in [-0.15, -0.1) is 0 Å². The lowest BCUT2D eigenvalue weighted by Crippen LogP contribution is -2.40. The van der Waals surface area contributed by atoms with Crippen LogP contribution in [0.1, 0.15) is 64.0 Å². The molecule has 0 bridgehead atoms. The third-order valence-electron chi connectivity index (χ3n) is 3.89. The molecule has 1 heterocycles. The first kappa shape index (κ1) is 13.4. The van der Waals surface area contributed by atoms with E-state index in [0.29, 0.717) is 0 Å². The Hall–Kier alpha value is -1.02. The van der Waals surface area contributed by atoms with Crippen molar-refractivity contribution in [2.45, 2.75) is 64.0 Å². The molecule has 2 rings (SSSR count). The van der Waals surface area contributed by atoms with Crippen molar-refractivity contribution in [1.29, 1.82) is 0 Å². The maximum atomic E-state index is 6.27. The van der Waals surface area contributed by atoms with Gasteiger partial charge in [0, 0.05) is 18.0 Å². The van der Waals surface area contributed by atoms with Crippen molar-refractivity contribution >= 4 is 0 Å². The van der Waals surface area contributed by atoms with Crippen molar-refractivity contribution in [3.8, 4) is 5.75 Å². The summed E-state index contributed by atoms with van der Waals surface area (Å²) in [6, 6.07) is 8.29. The molecule has 1 aliphatic heterocycles. The van der Waals surface area contributed by atoms with Gasteiger partial charge >= 0.3 is 0 Å². The lowest BCUT2D eigenvalue weighted by atomic mass is 9.85. The predicted octanol–water partition coefficient (Wildman–Crippen LogP) is 4.20. The number of ether oxygens (including phenoxy) is 1. The van der Waals surface area contributed by atoms with Crippen LogP contribution < -0.4 is 10.5 Å². The number of benzene rings is 1. The molecule has 1 aromatic rings. The molecule has 0 amide bonds. The molecule has 18 heavy (non-hydrogen) atoms. The summed E-state index contributed by atoms with van der Waals surface area (Å²) in [6.07, 6.45) is 7.16. The minimum Gasteiger partial charge on any atom is -0.487 e. The van der Waals surface area contributed by atoms with Crippen LogP contribution >= 0.6 is 0 Å². The van der Waals surface area contributed by atoms with Gasteiger partial charge < -0.3 is 10.5 Å². The van der Waals surface area contributed by atoms with E-state index >= 15 is 0 Å². The highest BCUT2D eigenvalue weighted by Crippen LogP contribution is 2.40. The molecule has 1 aromatic carbocycles. The smallest absolute Gasteiger partial charge is 0.124 e. The predicted molar refractivity (Wildman–Crippen MR) is 75.8 cm³/mol. The lowest BCUT2D eigenvalue weighted by Gasteiger charge is -2.39. The monoisotopic (exact) mass is 247 g/mol. The van der Waals surface area contributed by atoms with Gasteiger partial charge in [0.2, 0.25) is 0 Å². The highest BCUT2D eigenvalue weighted by atomic mass is 16.5. The SMILES string of the molecule is CCCCCCC1(C)C[C@@H](N)c2ccccc2O1. The van der Waals surface area contributed by atoms with E-state index < -0.39 is 0 Å². The quantitative estimate of drug-likeness (QED) is 0.791. The molecule has 1 unspecified atom stereocenters. The molecule has 2 heteroatoms. The zero-order valence-electron chi connectivity index (χ0n) is 11.6. The molecular formula is C16H25NO. The fourth-order valence-corrected chi connectivity index (χ4v) is 2.84. The van der Waals surface area contributed by atoms with Crippen LogP contribution in [-0.4, -0.2) is 5.60 Å². The number of nitrogens with two attached hydrogens (primary N) is 1. The molecule has 0 aliphatic carbocycles. The van der Waals surface area contributed by atoms with Gasteiger partial charge in [0.05, 0.1) is 0 Å². The largest absolute Gasteiger partial charge is 0.487 e. The second-order valence-corrected chi connectivity index (χ2v) is 5.71. The van der Waals surface area contributed by atoms with Gasteiger partial charge in [-0.3, -0.25) is 0 Å². The van der Waals surface area contributed by atoms with E-state index in [4.69, 9.17) is 10.5 Å². The first-order valence-corrected chi connectivity index (χ1v) is 7.18. The molecule has 2 nitrogen and oxygen atoms in total. The molecular weight excluding hydrogens is 222 g/mol. The molecule has 2 N–H and O–H groups in total. The molecule has 0 saturated carbocycles. The van der Waals surface area contributed by atoms with E-state index in [1.54, 1.807) is 0 Å². The van der Waals surface area contributed by atoms with E-state index in [1.807, 2.05) is 18.2 Å². The van der Waals surface area contributed by atoms with Gasteiger partial charge in [0.15, 0.2) is 0 Å². The van der Waals surface area contributed by atoms with Gasteiger partial charge in [-0.05, 0) is 25.8 Å². The fraction of sp³-hybridized carbons (Fsp3) is 0.625. The Morgan fingerprint density at radius 3 is 2.83 bits per heavy atom. The zero-order valence-corrected chi connectivity index (χ0v) is 11.6. The number of para-hydroxylation sites is 1. The summed E-state index contributed by atoms with van der Waals surface area (Å²) in [5.74, 6) is 0.981. The summed E-state index contributed by atoms with van der Waals surface area (Å²) in [5, 5.41) is 0. The Morgan fingerprint density at radius 2 is 2.06 bits per heavy atom. The molecule has 0 aromatic heterocycles. The fourth-order valence-electron chi connectivity index (χ4n) is 2.84. The average molecular weight is 247 g/mol. The van der Waals surface area contributed by atoms with Crippen LogP contribution in [0.3, 0.4) is 0 Å². The van der Waals surface area contributed by atoms with E-state index in [2.05, 4.69) is 19.9 Å². The maximum Gasteiger partial charge on any atom is 0.124 e. The Kier molecular flexibility index (Phi) is 4.28. The second-order valence-electron chi connectivity index (χ2n) is 5.71. The topological polar surface area (TPSA) is 35.2 Å². The van der Waals surface area contributed by atoms with Crippen molar-refractivity contribution in [2.75, 3.05) is 0 Å². The van der Waals surface area contributed by atoms with Gasteiger partial charge in [-0.1, -0.05) is 44.4 Å². The number of rotatable bonds is 5. The van der Waals surface area contributed by atoms with Crippen LogP contribution in [0.4, 0.5) is 0 Å². The van der Waals surface area contributed by atoms with Crippen molar-refractivity contribution in [2.24, 2.45) is 5.73 Å². The lowest BCUT2D eigenvalue weighted by molar-refractivity contribution is 0.0430. The standard InChI is InChI=1S/C16H25NO/c1-3-4-5-8-11-16(2)12-14(17)13-9-6-7-10-15(13)18-16/h6-7,9-10,14H,3-5,8,11-12,17H2,1-2H3/t14-,16?/m1/s1. The molecule has 0 fully saturated rings. The van der Waals surface area contributed by atoms with Crippen LogP contribution in [0, 0.1) is 0 Å². The molecule has 100 valence electrons. The summed E-state index contributed by atoms with van der Waals surface area (Å²) < 4.78 is 6.19. The first-order chi connectivity index (χ1) is 8.64. The van der Waals surface area contributed by atoms with E-state index in [0.717, 1.165) is 24.2 Å². The van der Waals surface area contributed by atoms with Crippen LogP contribution in [0.2, 0.25) is 0 Å². The normalized spacial score (nSPS) is 26.5. The van der Waals surface area contributed by atoms with Crippen molar-refractivity contribution in [1.82, 2.24) is 0 Å². The van der Waals surface area contributed by atoms with E-state index in [-0.39, 0.29) is 11.6 Å². The highest BCUT2D eigenvalue weighted by Gasteiger charge is 2.34. The van der Waals surface area contributed by atoms with Crippen molar-refractivity contribution in [3.05, 3.63) is 29.8 Å². The number of fused-ring (bicyclic) bond motifs is 1. The third-order valence-corrected chi connectivity index (χ3v) is 3.89. The minimum atomic E-state index is -0.0818. The van der Waals surface area contributed by atoms with Crippen LogP contribution in [0.25, 0.3) is 0 Å². The van der Waals surface area contributed by atoms with Crippen LogP contribution in [0.5, 0.6) is 5.75 Å².